The molecule has 0 saturated heterocycles. The third-order valence-corrected chi connectivity index (χ3v) is 2.00. The van der Waals surface area contributed by atoms with E-state index < -0.39 is 0 Å². The number of Topliss-reactive ketones (excluding diaryl/α,β-unsaturated/α-hetero) is 1. The van der Waals surface area contributed by atoms with Gasteiger partial charge in [-0.25, -0.2) is 0 Å². The highest BCUT2D eigenvalue weighted by Gasteiger charge is 2.01. The lowest BCUT2D eigenvalue weighted by Crippen LogP contribution is -1.94. The predicted octanol–water partition coefficient (Wildman–Crippen LogP) is 4.09. The molecule has 0 fully saturated rings. The van der Waals surface area contributed by atoms with Crippen LogP contribution in [-0.4, -0.2) is 5.78 Å². The molecular weight excluding hydrogens is 212 g/mol. The molecule has 0 aromatic carbocycles. The number of rotatable bonds is 6. The Kier molecular flexibility index (Phi) is 6.64. The largest absolute Gasteiger partial charge is 0.465 e. The Balaban J connectivity index is 4.84. The molecule has 0 aliphatic carbocycles. The molecule has 0 N–H and O–H groups in total. The van der Waals surface area contributed by atoms with Crippen LogP contribution in [0.25, 0.3) is 0 Å². The molecule has 0 bridgehead atoms. The highest BCUT2D eigenvalue weighted by molar-refractivity contribution is 5.92. The first-order valence-electron chi connectivity index (χ1n) is 5.42. The van der Waals surface area contributed by atoms with E-state index in [0.717, 1.165) is 11.1 Å². The van der Waals surface area contributed by atoms with Crippen molar-refractivity contribution in [3.63, 3.8) is 0 Å². The standard InChI is InChI=1S/C15H20O2/c1-7-8-15(9-11(2)3)14(6)17-10-12(4)13(5)16/h7-10H,2,6H2,1,3-5H3/b8-7-,12-10+,15-9+. The lowest BCUT2D eigenvalue weighted by atomic mass is 10.1. The molecule has 0 rings (SSSR count). The number of allylic oxidation sites excluding steroid dienone is 5. The quantitative estimate of drug-likeness (QED) is 0.392. The zero-order chi connectivity index (χ0) is 13.4. The monoisotopic (exact) mass is 232 g/mol. The first-order valence-corrected chi connectivity index (χ1v) is 5.42. The van der Waals surface area contributed by atoms with Crippen molar-refractivity contribution in [2.24, 2.45) is 0 Å². The van der Waals surface area contributed by atoms with E-state index in [0.29, 0.717) is 11.3 Å². The van der Waals surface area contributed by atoms with Crippen LogP contribution in [0.4, 0.5) is 0 Å². The molecule has 2 heteroatoms. The number of hydrogen-bond donors (Lipinski definition) is 0. The Bertz CT molecular complexity index is 407. The maximum Gasteiger partial charge on any atom is 0.158 e. The van der Waals surface area contributed by atoms with E-state index >= 15 is 0 Å². The number of ether oxygens (including phenoxy) is 1. The summed E-state index contributed by atoms with van der Waals surface area (Å²) in [6, 6.07) is 0. The van der Waals surface area contributed by atoms with Crippen molar-refractivity contribution in [1.29, 1.82) is 0 Å². The summed E-state index contributed by atoms with van der Waals surface area (Å²) >= 11 is 0. The molecule has 0 spiro atoms. The summed E-state index contributed by atoms with van der Waals surface area (Å²) in [7, 11) is 0. The predicted molar refractivity (Wildman–Crippen MR) is 72.4 cm³/mol. The second-order valence-corrected chi connectivity index (χ2v) is 3.84. The van der Waals surface area contributed by atoms with Gasteiger partial charge in [0.2, 0.25) is 0 Å². The van der Waals surface area contributed by atoms with E-state index in [4.69, 9.17) is 4.74 Å². The van der Waals surface area contributed by atoms with Gasteiger partial charge < -0.3 is 4.74 Å². The fourth-order valence-electron chi connectivity index (χ4n) is 0.977. The van der Waals surface area contributed by atoms with Gasteiger partial charge in [-0.3, -0.25) is 4.79 Å². The molecule has 0 amide bonds. The average Bonchev–Trinajstić information content (AvgIpc) is 2.23. The number of carbonyl (C=O) groups excluding carboxylic acids is 1. The molecule has 0 atom stereocenters. The van der Waals surface area contributed by atoms with Crippen LogP contribution in [-0.2, 0) is 9.53 Å². The molecule has 0 radical (unpaired) electrons. The van der Waals surface area contributed by atoms with Crippen LogP contribution in [0.2, 0.25) is 0 Å². The fourth-order valence-corrected chi connectivity index (χ4v) is 0.977. The molecule has 0 unspecified atom stereocenters. The van der Waals surface area contributed by atoms with E-state index in [-0.39, 0.29) is 5.78 Å². The summed E-state index contributed by atoms with van der Waals surface area (Å²) in [6.07, 6.45) is 7.07. The number of ketones is 1. The molecule has 17 heavy (non-hydrogen) atoms. The minimum atomic E-state index is -0.0192. The molecule has 0 saturated carbocycles. The smallest absolute Gasteiger partial charge is 0.158 e. The van der Waals surface area contributed by atoms with Crippen molar-refractivity contribution in [2.45, 2.75) is 27.7 Å². The van der Waals surface area contributed by atoms with Gasteiger partial charge in [-0.05, 0) is 33.8 Å². The Morgan fingerprint density at radius 3 is 2.18 bits per heavy atom. The highest BCUT2D eigenvalue weighted by atomic mass is 16.5. The lowest BCUT2D eigenvalue weighted by molar-refractivity contribution is -0.113. The van der Waals surface area contributed by atoms with Crippen molar-refractivity contribution in [3.8, 4) is 0 Å². The molecule has 0 aliphatic heterocycles. The van der Waals surface area contributed by atoms with E-state index in [1.807, 2.05) is 32.1 Å². The summed E-state index contributed by atoms with van der Waals surface area (Å²) in [6.45, 7) is 14.6. The van der Waals surface area contributed by atoms with Gasteiger partial charge in [-0.15, -0.1) is 0 Å². The van der Waals surface area contributed by atoms with Crippen molar-refractivity contribution in [1.82, 2.24) is 0 Å². The van der Waals surface area contributed by atoms with Gasteiger partial charge >= 0.3 is 0 Å². The van der Waals surface area contributed by atoms with Crippen molar-refractivity contribution < 1.29 is 9.53 Å². The van der Waals surface area contributed by atoms with Gasteiger partial charge in [0.15, 0.2) is 5.78 Å². The second kappa shape index (κ2) is 7.44. The highest BCUT2D eigenvalue weighted by Crippen LogP contribution is 2.14. The second-order valence-electron chi connectivity index (χ2n) is 3.84. The van der Waals surface area contributed by atoms with Crippen LogP contribution < -0.4 is 0 Å². The zero-order valence-electron chi connectivity index (χ0n) is 11.0. The maximum atomic E-state index is 11.0. The van der Waals surface area contributed by atoms with Gasteiger partial charge in [-0.2, -0.15) is 0 Å². The SMILES string of the molecule is C=C(C)/C=C(\C=C/C)C(=C)O/C=C(\C)C(C)=O. The van der Waals surface area contributed by atoms with E-state index in [9.17, 15) is 4.79 Å². The van der Waals surface area contributed by atoms with Crippen molar-refractivity contribution in [2.75, 3.05) is 0 Å². The summed E-state index contributed by atoms with van der Waals surface area (Å²) in [4.78, 5) is 11.0. The summed E-state index contributed by atoms with van der Waals surface area (Å²) in [5, 5.41) is 0. The minimum absolute atomic E-state index is 0.0192. The Labute approximate surface area is 104 Å². The maximum absolute atomic E-state index is 11.0. The van der Waals surface area contributed by atoms with Crippen LogP contribution in [0.5, 0.6) is 0 Å². The van der Waals surface area contributed by atoms with E-state index in [1.54, 1.807) is 6.92 Å². The normalized spacial score (nSPS) is 12.7. The van der Waals surface area contributed by atoms with Gasteiger partial charge in [0.25, 0.3) is 0 Å². The molecule has 0 aromatic rings. The van der Waals surface area contributed by atoms with Crippen LogP contribution in [0.1, 0.15) is 27.7 Å². The fraction of sp³-hybridized carbons (Fsp3) is 0.267. The zero-order valence-corrected chi connectivity index (χ0v) is 11.0. The van der Waals surface area contributed by atoms with Crippen LogP contribution in [0.15, 0.2) is 60.1 Å². The van der Waals surface area contributed by atoms with Crippen LogP contribution in [0, 0.1) is 0 Å². The lowest BCUT2D eigenvalue weighted by Gasteiger charge is -2.07. The van der Waals surface area contributed by atoms with Gasteiger partial charge in [0.05, 0.1) is 6.26 Å². The van der Waals surface area contributed by atoms with Gasteiger partial charge in [0.1, 0.15) is 5.76 Å². The molecular formula is C15H20O2. The molecule has 0 aromatic heterocycles. The van der Waals surface area contributed by atoms with Crippen molar-refractivity contribution in [3.05, 3.63) is 60.1 Å². The van der Waals surface area contributed by atoms with Crippen LogP contribution >= 0.6 is 0 Å². The van der Waals surface area contributed by atoms with E-state index in [1.165, 1.54) is 13.2 Å². The van der Waals surface area contributed by atoms with Gasteiger partial charge in [-0.1, -0.05) is 30.9 Å². The van der Waals surface area contributed by atoms with Crippen LogP contribution in [0.3, 0.4) is 0 Å². The van der Waals surface area contributed by atoms with Gasteiger partial charge in [0, 0.05) is 11.1 Å². The molecule has 0 aliphatic rings. The Hall–Kier alpha value is -1.83. The first kappa shape index (κ1) is 15.2. The first-order chi connectivity index (χ1) is 7.88. The number of carbonyl (C=O) groups is 1. The molecule has 92 valence electrons. The molecule has 2 nitrogen and oxygen atoms in total. The third-order valence-electron chi connectivity index (χ3n) is 2.00. The topological polar surface area (TPSA) is 26.3 Å². The average molecular weight is 232 g/mol. The Morgan fingerprint density at radius 2 is 1.76 bits per heavy atom. The summed E-state index contributed by atoms with van der Waals surface area (Å²) in [5.74, 6) is 0.473. The summed E-state index contributed by atoms with van der Waals surface area (Å²) in [5.41, 5.74) is 2.31. The Morgan fingerprint density at radius 1 is 1.18 bits per heavy atom. The molecule has 0 heterocycles. The number of hydrogen-bond acceptors (Lipinski definition) is 2. The minimum Gasteiger partial charge on any atom is -0.465 e. The summed E-state index contributed by atoms with van der Waals surface area (Å²) < 4.78 is 5.34. The van der Waals surface area contributed by atoms with Crippen molar-refractivity contribution >= 4 is 5.78 Å². The van der Waals surface area contributed by atoms with E-state index in [2.05, 4.69) is 13.2 Å². The third kappa shape index (κ3) is 6.36.